The molecule has 0 aliphatic carbocycles. The highest BCUT2D eigenvalue weighted by atomic mass is 35.5. The lowest BCUT2D eigenvalue weighted by Crippen LogP contribution is -2.16. The van der Waals surface area contributed by atoms with Gasteiger partial charge in [-0.15, -0.1) is 0 Å². The minimum atomic E-state index is -0.183. The van der Waals surface area contributed by atoms with Gasteiger partial charge in [0.05, 0.1) is 16.4 Å². The SMILES string of the molecule is Cc1nc(C)n(CCc2cc(=O)n3[nH]c(-c4ccc(Cl)cc4Cl)cc3n2)n1. The molecule has 0 unspecified atom stereocenters. The molecule has 7 nitrogen and oxygen atoms in total. The molecule has 0 radical (unpaired) electrons. The third kappa shape index (κ3) is 3.48. The van der Waals surface area contributed by atoms with Crippen molar-refractivity contribution in [3.05, 3.63) is 68.1 Å². The summed E-state index contributed by atoms with van der Waals surface area (Å²) < 4.78 is 3.21. The molecule has 0 atom stereocenters. The van der Waals surface area contributed by atoms with E-state index in [1.807, 2.05) is 18.5 Å². The number of hydrogen-bond donors (Lipinski definition) is 1. The standard InChI is InChI=1S/C18H16Cl2N6O/c1-10-21-11(2)25(23-10)6-5-13-8-18(27)26-17(22-13)9-16(24-26)14-4-3-12(19)7-15(14)20/h3-4,7-9,24H,5-6H2,1-2H3. The van der Waals surface area contributed by atoms with Crippen LogP contribution >= 0.6 is 23.2 Å². The van der Waals surface area contributed by atoms with Crippen molar-refractivity contribution in [2.24, 2.45) is 0 Å². The Morgan fingerprint density at radius 2 is 1.93 bits per heavy atom. The summed E-state index contributed by atoms with van der Waals surface area (Å²) in [7, 11) is 0. The van der Waals surface area contributed by atoms with Gasteiger partial charge in [-0.25, -0.2) is 19.2 Å². The van der Waals surface area contributed by atoms with Crippen LogP contribution in [-0.4, -0.2) is 29.4 Å². The fraction of sp³-hybridized carbons (Fsp3) is 0.222. The van der Waals surface area contributed by atoms with Gasteiger partial charge < -0.3 is 0 Å². The average Bonchev–Trinajstić information content (AvgIpc) is 3.16. The van der Waals surface area contributed by atoms with E-state index < -0.39 is 0 Å². The summed E-state index contributed by atoms with van der Waals surface area (Å²) in [4.78, 5) is 21.3. The number of rotatable bonds is 4. The van der Waals surface area contributed by atoms with E-state index >= 15 is 0 Å². The zero-order chi connectivity index (χ0) is 19.1. The maximum absolute atomic E-state index is 12.5. The first-order valence-corrected chi connectivity index (χ1v) is 9.11. The minimum absolute atomic E-state index is 0.183. The summed E-state index contributed by atoms with van der Waals surface area (Å²) in [5, 5.41) is 8.43. The summed E-state index contributed by atoms with van der Waals surface area (Å²) in [6.07, 6.45) is 0.581. The quantitative estimate of drug-likeness (QED) is 0.566. The molecule has 0 bridgehead atoms. The minimum Gasteiger partial charge on any atom is -0.289 e. The number of aromatic amines is 1. The Labute approximate surface area is 164 Å². The molecule has 0 aliphatic rings. The van der Waals surface area contributed by atoms with Crippen molar-refractivity contribution < 1.29 is 0 Å². The molecule has 0 saturated heterocycles. The highest BCUT2D eigenvalue weighted by molar-refractivity contribution is 6.36. The lowest BCUT2D eigenvalue weighted by molar-refractivity contribution is 0.585. The molecule has 1 N–H and O–H groups in total. The second kappa shape index (κ2) is 6.83. The molecule has 0 saturated carbocycles. The molecule has 1 aromatic carbocycles. The number of nitrogens with zero attached hydrogens (tertiary/aromatic N) is 5. The zero-order valence-electron chi connectivity index (χ0n) is 14.7. The Morgan fingerprint density at radius 1 is 1.11 bits per heavy atom. The van der Waals surface area contributed by atoms with Crippen molar-refractivity contribution in [1.82, 2.24) is 29.4 Å². The van der Waals surface area contributed by atoms with Crippen LogP contribution in [0.15, 0.2) is 35.1 Å². The number of halogens is 2. The number of aryl methyl sites for hydroxylation is 4. The van der Waals surface area contributed by atoms with Gasteiger partial charge in [-0.2, -0.15) is 5.10 Å². The highest BCUT2D eigenvalue weighted by Gasteiger charge is 2.11. The second-order valence-electron chi connectivity index (χ2n) is 6.25. The molecule has 0 amide bonds. The number of nitrogens with one attached hydrogen (secondary N) is 1. The molecule has 3 heterocycles. The Balaban J connectivity index is 1.67. The van der Waals surface area contributed by atoms with Crippen LogP contribution in [0.3, 0.4) is 0 Å². The van der Waals surface area contributed by atoms with Crippen LogP contribution in [0, 0.1) is 13.8 Å². The van der Waals surface area contributed by atoms with Crippen LogP contribution in [0.5, 0.6) is 0 Å². The fourth-order valence-corrected chi connectivity index (χ4v) is 3.52. The molecule has 3 aromatic heterocycles. The van der Waals surface area contributed by atoms with E-state index in [9.17, 15) is 4.79 Å². The molecule has 0 aliphatic heterocycles. The van der Waals surface area contributed by atoms with Gasteiger partial charge in [0.2, 0.25) is 0 Å². The van der Waals surface area contributed by atoms with Crippen molar-refractivity contribution in [3.8, 4) is 11.3 Å². The Kier molecular flexibility index (Phi) is 4.49. The van der Waals surface area contributed by atoms with Crippen LogP contribution in [0.1, 0.15) is 17.3 Å². The predicted molar refractivity (Wildman–Crippen MR) is 104 cm³/mol. The number of hydrogen-bond acceptors (Lipinski definition) is 4. The van der Waals surface area contributed by atoms with E-state index in [1.165, 1.54) is 10.6 Å². The summed E-state index contributed by atoms with van der Waals surface area (Å²) in [5.74, 6) is 1.57. The topological polar surface area (TPSA) is 80.9 Å². The third-order valence-electron chi connectivity index (χ3n) is 4.27. The maximum Gasteiger partial charge on any atom is 0.272 e. The van der Waals surface area contributed by atoms with Crippen molar-refractivity contribution in [1.29, 1.82) is 0 Å². The third-order valence-corrected chi connectivity index (χ3v) is 4.81. The molecule has 9 heteroatoms. The maximum atomic E-state index is 12.5. The Hall–Kier alpha value is -2.64. The number of benzene rings is 1. The van der Waals surface area contributed by atoms with E-state index in [0.29, 0.717) is 40.0 Å². The number of aromatic nitrogens is 6. The van der Waals surface area contributed by atoms with Gasteiger partial charge in [-0.3, -0.25) is 9.89 Å². The van der Waals surface area contributed by atoms with E-state index in [-0.39, 0.29) is 5.56 Å². The van der Waals surface area contributed by atoms with E-state index in [4.69, 9.17) is 23.2 Å². The zero-order valence-corrected chi connectivity index (χ0v) is 16.2. The van der Waals surface area contributed by atoms with Gasteiger partial charge in [0.1, 0.15) is 11.6 Å². The van der Waals surface area contributed by atoms with E-state index in [2.05, 4.69) is 20.2 Å². The highest BCUT2D eigenvalue weighted by Crippen LogP contribution is 2.29. The van der Waals surface area contributed by atoms with Gasteiger partial charge in [0.25, 0.3) is 5.56 Å². The molecule has 4 aromatic rings. The average molecular weight is 403 g/mol. The summed E-state index contributed by atoms with van der Waals surface area (Å²) in [6, 6.07) is 8.53. The first kappa shape index (κ1) is 17.8. The van der Waals surface area contributed by atoms with Crippen LogP contribution in [-0.2, 0) is 13.0 Å². The number of fused-ring (bicyclic) bond motifs is 1. The van der Waals surface area contributed by atoms with Gasteiger partial charge >= 0.3 is 0 Å². The van der Waals surface area contributed by atoms with Crippen LogP contribution in [0.4, 0.5) is 0 Å². The number of H-pyrrole nitrogens is 1. The molecular formula is C18H16Cl2N6O. The molecular weight excluding hydrogens is 387 g/mol. The first-order valence-electron chi connectivity index (χ1n) is 8.36. The van der Waals surface area contributed by atoms with Crippen LogP contribution in [0.25, 0.3) is 16.9 Å². The largest absolute Gasteiger partial charge is 0.289 e. The van der Waals surface area contributed by atoms with E-state index in [1.54, 1.807) is 24.3 Å². The lowest BCUT2D eigenvalue weighted by atomic mass is 10.1. The predicted octanol–water partition coefficient (Wildman–Crippen LogP) is 3.45. The van der Waals surface area contributed by atoms with Crippen LogP contribution in [0.2, 0.25) is 10.0 Å². The molecule has 0 spiro atoms. The second-order valence-corrected chi connectivity index (χ2v) is 7.10. The summed E-state index contributed by atoms with van der Waals surface area (Å²) in [5.41, 5.74) is 2.49. The molecule has 138 valence electrons. The monoisotopic (exact) mass is 402 g/mol. The van der Waals surface area contributed by atoms with Crippen molar-refractivity contribution >= 4 is 28.8 Å². The normalized spacial score (nSPS) is 11.4. The summed E-state index contributed by atoms with van der Waals surface area (Å²) >= 11 is 12.2. The van der Waals surface area contributed by atoms with Crippen molar-refractivity contribution in [2.75, 3.05) is 0 Å². The van der Waals surface area contributed by atoms with Gasteiger partial charge in [0, 0.05) is 35.7 Å². The smallest absolute Gasteiger partial charge is 0.272 e. The van der Waals surface area contributed by atoms with Crippen molar-refractivity contribution in [2.45, 2.75) is 26.8 Å². The van der Waals surface area contributed by atoms with Gasteiger partial charge in [-0.1, -0.05) is 23.2 Å². The Morgan fingerprint density at radius 3 is 2.63 bits per heavy atom. The van der Waals surface area contributed by atoms with E-state index in [0.717, 1.165) is 17.2 Å². The molecule has 0 fully saturated rings. The Bertz CT molecular complexity index is 1210. The first-order chi connectivity index (χ1) is 12.9. The molecule has 4 rings (SSSR count). The molecule has 27 heavy (non-hydrogen) atoms. The van der Waals surface area contributed by atoms with Crippen molar-refractivity contribution in [3.63, 3.8) is 0 Å². The summed E-state index contributed by atoms with van der Waals surface area (Å²) in [6.45, 7) is 4.36. The lowest BCUT2D eigenvalue weighted by Gasteiger charge is -2.03. The fourth-order valence-electron chi connectivity index (χ4n) is 3.01. The van der Waals surface area contributed by atoms with Gasteiger partial charge in [0.15, 0.2) is 5.65 Å². The van der Waals surface area contributed by atoms with Gasteiger partial charge in [-0.05, 0) is 32.0 Å². The van der Waals surface area contributed by atoms with Crippen LogP contribution < -0.4 is 5.56 Å².